The molecule has 106 valence electrons. The monoisotopic (exact) mass is 265 g/mol. The summed E-state index contributed by atoms with van der Waals surface area (Å²) in [6.07, 6.45) is 1.88. The van der Waals surface area contributed by atoms with Gasteiger partial charge >= 0.3 is 0 Å². The maximum Gasteiger partial charge on any atom is 0.217 e. The van der Waals surface area contributed by atoms with Crippen molar-refractivity contribution in [1.29, 1.82) is 0 Å². The Morgan fingerprint density at radius 3 is 2.37 bits per heavy atom. The summed E-state index contributed by atoms with van der Waals surface area (Å²) in [6.45, 7) is 7.54. The number of anilines is 2. The second-order valence-electron chi connectivity index (χ2n) is 4.34. The van der Waals surface area contributed by atoms with Crippen LogP contribution in [-0.4, -0.2) is 29.0 Å². The van der Waals surface area contributed by atoms with E-state index in [0.29, 0.717) is 19.4 Å². The number of primary amides is 1. The highest BCUT2D eigenvalue weighted by molar-refractivity contribution is 5.73. The molecule has 6 nitrogen and oxygen atoms in total. The van der Waals surface area contributed by atoms with Crippen LogP contribution >= 0.6 is 0 Å². The largest absolute Gasteiger partial charge is 0.370 e. The molecule has 0 spiro atoms. The number of hydrogen-bond donors (Lipinski definition) is 3. The number of rotatable bonds is 8. The molecule has 0 aromatic carbocycles. The highest BCUT2D eigenvalue weighted by atomic mass is 16.1. The molecule has 1 aromatic heterocycles. The topological polar surface area (TPSA) is 92.9 Å². The quantitative estimate of drug-likeness (QED) is 0.619. The van der Waals surface area contributed by atoms with Crippen LogP contribution in [0.5, 0.6) is 0 Å². The molecular weight excluding hydrogens is 242 g/mol. The van der Waals surface area contributed by atoms with Gasteiger partial charge in [-0.3, -0.25) is 4.79 Å². The summed E-state index contributed by atoms with van der Waals surface area (Å²) in [5.41, 5.74) is 6.11. The Bertz CT molecular complexity index is 433. The third kappa shape index (κ3) is 4.73. The van der Waals surface area contributed by atoms with E-state index in [1.165, 1.54) is 0 Å². The van der Waals surface area contributed by atoms with E-state index in [9.17, 15) is 4.79 Å². The van der Waals surface area contributed by atoms with Crippen molar-refractivity contribution >= 4 is 17.5 Å². The maximum absolute atomic E-state index is 10.7. The molecule has 0 bridgehead atoms. The SMILES string of the molecule is CCNc1nc(CC)nc(NCCCC(N)=O)c1C. The number of aromatic nitrogens is 2. The van der Waals surface area contributed by atoms with Gasteiger partial charge in [-0.05, 0) is 20.3 Å². The van der Waals surface area contributed by atoms with E-state index in [1.807, 2.05) is 20.8 Å². The summed E-state index contributed by atoms with van der Waals surface area (Å²) < 4.78 is 0. The number of nitrogens with one attached hydrogen (secondary N) is 2. The van der Waals surface area contributed by atoms with Gasteiger partial charge in [-0.25, -0.2) is 9.97 Å². The van der Waals surface area contributed by atoms with Crippen molar-refractivity contribution in [2.24, 2.45) is 5.73 Å². The zero-order valence-corrected chi connectivity index (χ0v) is 11.9. The number of carbonyl (C=O) groups excluding carboxylic acids is 1. The maximum atomic E-state index is 10.7. The lowest BCUT2D eigenvalue weighted by molar-refractivity contribution is -0.118. The van der Waals surface area contributed by atoms with Gasteiger partial charge in [0.25, 0.3) is 0 Å². The van der Waals surface area contributed by atoms with Crippen LogP contribution in [0.1, 0.15) is 38.1 Å². The van der Waals surface area contributed by atoms with Gasteiger partial charge < -0.3 is 16.4 Å². The Balaban J connectivity index is 2.74. The number of amides is 1. The van der Waals surface area contributed by atoms with Crippen LogP contribution in [-0.2, 0) is 11.2 Å². The molecule has 0 aliphatic carbocycles. The summed E-state index contributed by atoms with van der Waals surface area (Å²) >= 11 is 0. The Morgan fingerprint density at radius 1 is 1.21 bits per heavy atom. The third-order valence-electron chi connectivity index (χ3n) is 2.74. The van der Waals surface area contributed by atoms with Crippen molar-refractivity contribution < 1.29 is 4.79 Å². The molecule has 1 rings (SSSR count). The lowest BCUT2D eigenvalue weighted by atomic mass is 10.2. The molecule has 0 saturated heterocycles. The second kappa shape index (κ2) is 7.56. The van der Waals surface area contributed by atoms with E-state index in [1.54, 1.807) is 0 Å². The standard InChI is InChI=1S/C13H23N5O/c1-4-11-17-12(15-5-2)9(3)13(18-11)16-8-6-7-10(14)19/h4-8H2,1-3H3,(H2,14,19)(H2,15,16,17,18). The molecule has 1 amide bonds. The van der Waals surface area contributed by atoms with Crippen LogP contribution in [0.4, 0.5) is 11.6 Å². The summed E-state index contributed by atoms with van der Waals surface area (Å²) in [6, 6.07) is 0. The molecule has 0 aliphatic rings. The highest BCUT2D eigenvalue weighted by Gasteiger charge is 2.09. The summed E-state index contributed by atoms with van der Waals surface area (Å²) in [7, 11) is 0. The number of hydrogen-bond acceptors (Lipinski definition) is 5. The first-order valence-electron chi connectivity index (χ1n) is 6.72. The zero-order chi connectivity index (χ0) is 14.3. The Kier molecular flexibility index (Phi) is 6.05. The number of nitrogens with two attached hydrogens (primary N) is 1. The molecule has 0 unspecified atom stereocenters. The molecule has 19 heavy (non-hydrogen) atoms. The fraction of sp³-hybridized carbons (Fsp3) is 0.615. The van der Waals surface area contributed by atoms with Gasteiger partial charge in [0.2, 0.25) is 5.91 Å². The van der Waals surface area contributed by atoms with Crippen molar-refractivity contribution in [2.75, 3.05) is 23.7 Å². The molecule has 0 fully saturated rings. The molecule has 0 aliphatic heterocycles. The predicted octanol–water partition coefficient (Wildman–Crippen LogP) is 1.46. The van der Waals surface area contributed by atoms with Crippen molar-refractivity contribution in [3.63, 3.8) is 0 Å². The first-order valence-corrected chi connectivity index (χ1v) is 6.72. The van der Waals surface area contributed by atoms with Crippen molar-refractivity contribution in [2.45, 2.75) is 40.0 Å². The lowest BCUT2D eigenvalue weighted by Crippen LogP contribution is -2.15. The molecule has 0 saturated carbocycles. The first kappa shape index (κ1) is 15.2. The molecule has 1 heterocycles. The number of nitrogens with zero attached hydrogens (tertiary/aromatic N) is 2. The van der Waals surface area contributed by atoms with Crippen LogP contribution in [0.25, 0.3) is 0 Å². The van der Waals surface area contributed by atoms with Gasteiger partial charge in [0.15, 0.2) is 0 Å². The van der Waals surface area contributed by atoms with Crippen molar-refractivity contribution in [3.8, 4) is 0 Å². The fourth-order valence-electron chi connectivity index (χ4n) is 1.70. The van der Waals surface area contributed by atoms with Gasteiger partial charge in [0, 0.05) is 31.5 Å². The van der Waals surface area contributed by atoms with E-state index in [4.69, 9.17) is 5.73 Å². The van der Waals surface area contributed by atoms with Crippen LogP contribution in [0.15, 0.2) is 0 Å². The summed E-state index contributed by atoms with van der Waals surface area (Å²) in [5.74, 6) is 2.22. The van der Waals surface area contributed by atoms with Gasteiger partial charge in [-0.15, -0.1) is 0 Å². The van der Waals surface area contributed by atoms with Gasteiger partial charge in [0.05, 0.1) is 0 Å². The fourth-order valence-corrected chi connectivity index (χ4v) is 1.70. The van der Waals surface area contributed by atoms with Gasteiger partial charge in [-0.2, -0.15) is 0 Å². The van der Waals surface area contributed by atoms with Gasteiger partial charge in [-0.1, -0.05) is 6.92 Å². The molecule has 6 heteroatoms. The van der Waals surface area contributed by atoms with Crippen LogP contribution in [0.2, 0.25) is 0 Å². The Morgan fingerprint density at radius 2 is 1.84 bits per heavy atom. The number of carbonyl (C=O) groups is 1. The first-order chi connectivity index (χ1) is 9.08. The van der Waals surface area contributed by atoms with E-state index in [2.05, 4.69) is 20.6 Å². The predicted molar refractivity (Wildman–Crippen MR) is 77.2 cm³/mol. The van der Waals surface area contributed by atoms with Crippen LogP contribution in [0, 0.1) is 6.92 Å². The second-order valence-corrected chi connectivity index (χ2v) is 4.34. The minimum Gasteiger partial charge on any atom is -0.370 e. The normalized spacial score (nSPS) is 10.3. The minimum atomic E-state index is -0.274. The summed E-state index contributed by atoms with van der Waals surface area (Å²) in [4.78, 5) is 19.6. The minimum absolute atomic E-state index is 0.274. The highest BCUT2D eigenvalue weighted by Crippen LogP contribution is 2.20. The number of aryl methyl sites for hydroxylation is 1. The lowest BCUT2D eigenvalue weighted by Gasteiger charge is -2.14. The van der Waals surface area contributed by atoms with Crippen molar-refractivity contribution in [1.82, 2.24) is 9.97 Å². The van der Waals surface area contributed by atoms with Crippen molar-refractivity contribution in [3.05, 3.63) is 11.4 Å². The molecule has 1 aromatic rings. The molecular formula is C13H23N5O. The molecule has 0 radical (unpaired) electrons. The Hall–Kier alpha value is -1.85. The van der Waals surface area contributed by atoms with E-state index in [0.717, 1.165) is 36.0 Å². The van der Waals surface area contributed by atoms with E-state index in [-0.39, 0.29) is 5.91 Å². The summed E-state index contributed by atoms with van der Waals surface area (Å²) in [5, 5.41) is 6.48. The molecule has 4 N–H and O–H groups in total. The third-order valence-corrected chi connectivity index (χ3v) is 2.74. The van der Waals surface area contributed by atoms with Crippen LogP contribution in [0.3, 0.4) is 0 Å². The molecule has 0 atom stereocenters. The Labute approximate surface area is 114 Å². The van der Waals surface area contributed by atoms with Crippen LogP contribution < -0.4 is 16.4 Å². The average Bonchev–Trinajstić information content (AvgIpc) is 2.38. The smallest absolute Gasteiger partial charge is 0.217 e. The average molecular weight is 265 g/mol. The van der Waals surface area contributed by atoms with Gasteiger partial charge in [0.1, 0.15) is 17.5 Å². The van der Waals surface area contributed by atoms with E-state index >= 15 is 0 Å². The van der Waals surface area contributed by atoms with E-state index < -0.39 is 0 Å². The zero-order valence-electron chi connectivity index (χ0n) is 11.9.